The highest BCUT2D eigenvalue weighted by Gasteiger charge is 2.72. The van der Waals surface area contributed by atoms with Crippen LogP contribution in [0, 0.1) is 5.92 Å². The molecule has 0 spiro atoms. The van der Waals surface area contributed by atoms with E-state index >= 15 is 0 Å². The van der Waals surface area contributed by atoms with E-state index in [-0.39, 0.29) is 52.8 Å². The molecule has 0 saturated carbocycles. The Balaban J connectivity index is 1.56. The topological polar surface area (TPSA) is 153 Å². The van der Waals surface area contributed by atoms with E-state index in [9.17, 15) is 19.5 Å². The van der Waals surface area contributed by atoms with E-state index in [4.69, 9.17) is 15.2 Å². The molecule has 4 atom stereocenters. The number of hydrogen-bond acceptors (Lipinski definition) is 9. The second-order valence-electron chi connectivity index (χ2n) is 8.09. The molecule has 1 aromatic rings. The summed E-state index contributed by atoms with van der Waals surface area (Å²) in [6.45, 7) is 1.93. The van der Waals surface area contributed by atoms with Gasteiger partial charge in [-0.25, -0.2) is 4.79 Å². The molecule has 5 rings (SSSR count). The first kappa shape index (κ1) is 19.6. The first-order chi connectivity index (χ1) is 14.8. The Hall–Kier alpha value is -3.37. The van der Waals surface area contributed by atoms with Crippen LogP contribution in [0.15, 0.2) is 46.8 Å². The van der Waals surface area contributed by atoms with Gasteiger partial charge in [-0.3, -0.25) is 9.59 Å². The standard InChI is InChI=1S/C21H22N4O6/c1-9-15(23-10-3-5-11(26)6-4-10)18(28)14-12(8-31-20(22)29)21(30-2)19-13(24-19)7-25(21)16(14)17(9)27/h3-6,12-13,19,23-24,26H,7-8H2,1-2H3,(H2,22,29)/t12-,13+,19+,21-/m0/s1. The predicted octanol–water partition coefficient (Wildman–Crippen LogP) is 0.208. The zero-order chi connectivity index (χ0) is 22.1. The maximum atomic E-state index is 13.6. The lowest BCUT2D eigenvalue weighted by Crippen LogP contribution is -2.55. The molecule has 31 heavy (non-hydrogen) atoms. The number of allylic oxidation sites excluding steroid dienone is 2. The van der Waals surface area contributed by atoms with Crippen molar-refractivity contribution in [2.75, 3.05) is 25.6 Å². The van der Waals surface area contributed by atoms with Crippen molar-refractivity contribution in [1.82, 2.24) is 10.2 Å². The van der Waals surface area contributed by atoms with Crippen molar-refractivity contribution in [1.29, 1.82) is 0 Å². The van der Waals surface area contributed by atoms with Gasteiger partial charge in [0, 0.05) is 36.5 Å². The van der Waals surface area contributed by atoms with Gasteiger partial charge in [0.1, 0.15) is 12.4 Å². The van der Waals surface area contributed by atoms with Crippen LogP contribution in [0.3, 0.4) is 0 Å². The fourth-order valence-corrected chi connectivity index (χ4v) is 5.13. The number of carbonyl (C=O) groups is 3. The van der Waals surface area contributed by atoms with Gasteiger partial charge in [-0.2, -0.15) is 0 Å². The Morgan fingerprint density at radius 3 is 2.68 bits per heavy atom. The van der Waals surface area contributed by atoms with Crippen LogP contribution >= 0.6 is 0 Å². The van der Waals surface area contributed by atoms with Crippen molar-refractivity contribution < 1.29 is 29.0 Å². The Kier molecular flexibility index (Phi) is 4.15. The fraction of sp³-hybridized carbons (Fsp3) is 0.381. The smallest absolute Gasteiger partial charge is 0.404 e. The number of anilines is 1. The summed E-state index contributed by atoms with van der Waals surface area (Å²) in [4.78, 5) is 40.2. The number of nitrogens with one attached hydrogen (secondary N) is 2. The molecule has 4 aliphatic rings. The summed E-state index contributed by atoms with van der Waals surface area (Å²) < 4.78 is 11.0. The lowest BCUT2D eigenvalue weighted by atomic mass is 9.82. The zero-order valence-electron chi connectivity index (χ0n) is 17.0. The van der Waals surface area contributed by atoms with Crippen LogP contribution in [0.25, 0.3) is 0 Å². The van der Waals surface area contributed by atoms with Gasteiger partial charge in [-0.1, -0.05) is 0 Å². The number of phenolic OH excluding ortho intramolecular Hbond substituents is 1. The first-order valence-corrected chi connectivity index (χ1v) is 9.91. The highest BCUT2D eigenvalue weighted by molar-refractivity contribution is 6.26. The number of benzene rings is 1. The molecular formula is C21H22N4O6. The largest absolute Gasteiger partial charge is 0.508 e. The quantitative estimate of drug-likeness (QED) is 0.294. The summed E-state index contributed by atoms with van der Waals surface area (Å²) in [5, 5.41) is 15.8. The molecule has 10 nitrogen and oxygen atoms in total. The maximum absolute atomic E-state index is 13.6. The van der Waals surface area contributed by atoms with Crippen molar-refractivity contribution in [2.45, 2.75) is 24.7 Å². The first-order valence-electron chi connectivity index (χ1n) is 9.91. The Morgan fingerprint density at radius 2 is 2.03 bits per heavy atom. The zero-order valence-corrected chi connectivity index (χ0v) is 17.0. The minimum Gasteiger partial charge on any atom is -0.508 e. The van der Waals surface area contributed by atoms with Gasteiger partial charge in [0.25, 0.3) is 0 Å². The lowest BCUT2D eigenvalue weighted by molar-refractivity contribution is -0.137. The summed E-state index contributed by atoms with van der Waals surface area (Å²) in [7, 11) is 1.52. The number of piperazine rings is 1. The van der Waals surface area contributed by atoms with E-state index in [1.807, 2.05) is 4.90 Å². The molecule has 0 unspecified atom stereocenters. The van der Waals surface area contributed by atoms with E-state index in [0.717, 1.165) is 0 Å². The summed E-state index contributed by atoms with van der Waals surface area (Å²) in [6, 6.07) is 6.20. The number of aromatic hydroxyl groups is 1. The molecule has 0 radical (unpaired) electrons. The molecule has 3 aliphatic heterocycles. The Labute approximate surface area is 177 Å². The molecule has 5 N–H and O–H groups in total. The second kappa shape index (κ2) is 6.56. The molecule has 162 valence electrons. The summed E-state index contributed by atoms with van der Waals surface area (Å²) in [6.07, 6.45) is -0.964. The maximum Gasteiger partial charge on any atom is 0.404 e. The average Bonchev–Trinajstić information content (AvgIpc) is 3.35. The van der Waals surface area contributed by atoms with Gasteiger partial charge < -0.3 is 35.8 Å². The molecule has 1 aliphatic carbocycles. The highest BCUT2D eigenvalue weighted by atomic mass is 16.6. The number of primary amides is 1. The molecule has 0 bridgehead atoms. The van der Waals surface area contributed by atoms with Gasteiger partial charge in [-0.15, -0.1) is 0 Å². The number of nitrogens with zero attached hydrogens (tertiary/aromatic N) is 1. The number of Topliss-reactive ketones (excluding diaryl/α,β-unsaturated/α-hetero) is 2. The van der Waals surface area contributed by atoms with Gasteiger partial charge in [-0.05, 0) is 31.2 Å². The Bertz CT molecular complexity index is 1080. The monoisotopic (exact) mass is 426 g/mol. The van der Waals surface area contributed by atoms with Gasteiger partial charge >= 0.3 is 6.09 Å². The van der Waals surface area contributed by atoms with Crippen molar-refractivity contribution >= 4 is 23.3 Å². The minimum absolute atomic E-state index is 0.0842. The van der Waals surface area contributed by atoms with Gasteiger partial charge in [0.15, 0.2) is 5.72 Å². The number of ketones is 2. The number of methoxy groups -OCH3 is 1. The average molecular weight is 426 g/mol. The molecule has 1 amide bonds. The molecule has 0 aromatic heterocycles. The normalized spacial score (nSPS) is 30.9. The SMILES string of the molecule is CO[C@@]12[C@@H]3N[C@@H]3CN1C1=C(C(=O)C(Nc3ccc(O)cc3)=C(C)C1=O)[C@@H]2COC(N)=O. The minimum atomic E-state index is -1.01. The van der Waals surface area contributed by atoms with Crippen molar-refractivity contribution in [3.63, 3.8) is 0 Å². The van der Waals surface area contributed by atoms with E-state index in [1.54, 1.807) is 19.1 Å². The summed E-state index contributed by atoms with van der Waals surface area (Å²) in [5.74, 6) is -1.24. The second-order valence-corrected chi connectivity index (χ2v) is 8.09. The van der Waals surface area contributed by atoms with Crippen LogP contribution in [0.2, 0.25) is 0 Å². The van der Waals surface area contributed by atoms with E-state index in [2.05, 4.69) is 10.6 Å². The van der Waals surface area contributed by atoms with Crippen molar-refractivity contribution in [3.05, 3.63) is 46.8 Å². The van der Waals surface area contributed by atoms with Gasteiger partial charge in [0.05, 0.1) is 23.4 Å². The fourth-order valence-electron chi connectivity index (χ4n) is 5.13. The number of rotatable bonds is 5. The predicted molar refractivity (Wildman–Crippen MR) is 108 cm³/mol. The number of phenols is 1. The number of hydrogen-bond donors (Lipinski definition) is 4. The lowest BCUT2D eigenvalue weighted by Gasteiger charge is -2.39. The highest BCUT2D eigenvalue weighted by Crippen LogP contribution is 2.55. The van der Waals surface area contributed by atoms with E-state index < -0.39 is 17.7 Å². The van der Waals surface area contributed by atoms with Crippen LogP contribution in [0.4, 0.5) is 10.5 Å². The Morgan fingerprint density at radius 1 is 1.32 bits per heavy atom. The number of carbonyl (C=O) groups excluding carboxylic acids is 3. The molecule has 3 heterocycles. The van der Waals surface area contributed by atoms with Crippen molar-refractivity contribution in [2.24, 2.45) is 11.7 Å². The molecule has 1 aromatic carbocycles. The summed E-state index contributed by atoms with van der Waals surface area (Å²) in [5.41, 5.74) is 5.71. The molecule has 2 saturated heterocycles. The molecule has 10 heteroatoms. The number of nitrogens with two attached hydrogens (primary N) is 1. The van der Waals surface area contributed by atoms with E-state index in [0.29, 0.717) is 17.9 Å². The van der Waals surface area contributed by atoms with Crippen LogP contribution in [-0.2, 0) is 19.1 Å². The van der Waals surface area contributed by atoms with Gasteiger partial charge in [0.2, 0.25) is 11.6 Å². The van der Waals surface area contributed by atoms with Crippen LogP contribution in [0.5, 0.6) is 5.75 Å². The third-order valence-corrected chi connectivity index (χ3v) is 6.56. The molecular weight excluding hydrogens is 404 g/mol. The van der Waals surface area contributed by atoms with E-state index in [1.165, 1.54) is 19.2 Å². The number of ether oxygens (including phenoxy) is 2. The molecule has 2 fully saturated rings. The van der Waals surface area contributed by atoms with Crippen molar-refractivity contribution in [3.8, 4) is 5.75 Å². The van der Waals surface area contributed by atoms with Crippen LogP contribution in [-0.4, -0.2) is 65.7 Å². The third kappa shape index (κ3) is 2.61. The van der Waals surface area contributed by atoms with Crippen LogP contribution in [0.1, 0.15) is 6.92 Å². The number of fused-ring (bicyclic) bond motifs is 4. The third-order valence-electron chi connectivity index (χ3n) is 6.56. The summed E-state index contributed by atoms with van der Waals surface area (Å²) >= 11 is 0. The number of amides is 1. The van der Waals surface area contributed by atoms with Crippen LogP contribution < -0.4 is 16.4 Å².